The molecule has 69 heavy (non-hydrogen) atoms. The van der Waals surface area contributed by atoms with Crippen LogP contribution in [0.3, 0.4) is 0 Å². The fourth-order valence-corrected chi connectivity index (χ4v) is 12.0. The number of hydrogen-bond acceptors (Lipinski definition) is 3. The number of fused-ring (bicyclic) bond motifs is 9. The quantitative estimate of drug-likeness (QED) is 0.160. The summed E-state index contributed by atoms with van der Waals surface area (Å²) in [6.45, 7) is 0. The van der Waals surface area contributed by atoms with Crippen molar-refractivity contribution in [1.29, 1.82) is 0 Å². The molecule has 0 spiro atoms. The Morgan fingerprint density at radius 1 is 0.275 bits per heavy atom. The summed E-state index contributed by atoms with van der Waals surface area (Å²) in [6, 6.07) is 92.3. The molecule has 0 fully saturated rings. The maximum absolute atomic E-state index is 5.56. The first-order chi connectivity index (χ1) is 34.2. The molecule has 0 atom stereocenters. The standard InChI is InChI=1S/C65H42N4/c1-5-21-43(22-6-1)61-66-62(44-37-39-52-51-31-15-17-33-55(51)64(58(52)41-44,45-23-7-2-8-24-45)46-25-9-3-10-26-46)68-63(67-61)69-59-36-20-16-32-53(59)54-40-38-48(42-60(54)69)65(47-27-11-4-12-28-47)56-34-18-13-29-49(56)50-30-14-19-35-57(50)65/h1-42H. The Labute approximate surface area is 400 Å². The molecule has 0 aliphatic heterocycles. The first-order valence-corrected chi connectivity index (χ1v) is 23.7. The summed E-state index contributed by atoms with van der Waals surface area (Å²) < 4.78 is 2.26. The van der Waals surface area contributed by atoms with Gasteiger partial charge in [-0.1, -0.05) is 237 Å². The van der Waals surface area contributed by atoms with Gasteiger partial charge in [0.25, 0.3) is 0 Å². The normalized spacial score (nSPS) is 13.7. The largest absolute Gasteiger partial charge is 0.278 e. The zero-order valence-corrected chi connectivity index (χ0v) is 37.5. The van der Waals surface area contributed by atoms with Crippen LogP contribution in [0.15, 0.2) is 255 Å². The minimum Gasteiger partial charge on any atom is -0.278 e. The van der Waals surface area contributed by atoms with Gasteiger partial charge in [0.15, 0.2) is 11.6 Å². The van der Waals surface area contributed by atoms with Gasteiger partial charge in [-0.15, -0.1) is 0 Å². The van der Waals surface area contributed by atoms with Crippen molar-refractivity contribution in [1.82, 2.24) is 19.5 Å². The third-order valence-electron chi connectivity index (χ3n) is 14.8. The molecule has 12 aromatic rings. The Hall–Kier alpha value is -8.99. The van der Waals surface area contributed by atoms with E-state index in [9.17, 15) is 0 Å². The Balaban J connectivity index is 1.04. The second-order valence-corrected chi connectivity index (χ2v) is 18.2. The predicted octanol–water partition coefficient (Wildman–Crippen LogP) is 15.0. The minimum atomic E-state index is -0.574. The molecule has 2 aliphatic carbocycles. The molecular formula is C65H42N4. The molecule has 0 saturated carbocycles. The van der Waals surface area contributed by atoms with Crippen LogP contribution in [0.4, 0.5) is 0 Å². The van der Waals surface area contributed by atoms with Crippen LogP contribution < -0.4 is 0 Å². The molecule has 4 heteroatoms. The van der Waals surface area contributed by atoms with Crippen molar-refractivity contribution in [3.63, 3.8) is 0 Å². The van der Waals surface area contributed by atoms with Crippen LogP contribution in [-0.2, 0) is 10.8 Å². The summed E-state index contributed by atoms with van der Waals surface area (Å²) >= 11 is 0. The lowest BCUT2D eigenvalue weighted by Crippen LogP contribution is -2.28. The highest BCUT2D eigenvalue weighted by Gasteiger charge is 2.47. The van der Waals surface area contributed by atoms with E-state index >= 15 is 0 Å². The van der Waals surface area contributed by atoms with E-state index in [1.165, 1.54) is 66.8 Å². The van der Waals surface area contributed by atoms with Crippen molar-refractivity contribution in [2.24, 2.45) is 0 Å². The van der Waals surface area contributed by atoms with Gasteiger partial charge in [0.2, 0.25) is 5.95 Å². The summed E-state index contributed by atoms with van der Waals surface area (Å²) in [4.78, 5) is 16.3. The van der Waals surface area contributed by atoms with Gasteiger partial charge in [0, 0.05) is 21.9 Å². The Morgan fingerprint density at radius 2 is 0.710 bits per heavy atom. The fourth-order valence-electron chi connectivity index (χ4n) is 12.0. The minimum absolute atomic E-state index is 0.560. The average molecular weight is 879 g/mol. The Morgan fingerprint density at radius 3 is 1.28 bits per heavy atom. The second-order valence-electron chi connectivity index (χ2n) is 18.2. The van der Waals surface area contributed by atoms with Crippen molar-refractivity contribution >= 4 is 21.8 Å². The summed E-state index contributed by atoms with van der Waals surface area (Å²) in [5.74, 6) is 1.77. The molecule has 0 saturated heterocycles. The lowest BCUT2D eigenvalue weighted by molar-refractivity contribution is 0.768. The number of aromatic nitrogens is 4. The lowest BCUT2D eigenvalue weighted by Gasteiger charge is -2.34. The van der Waals surface area contributed by atoms with E-state index < -0.39 is 10.8 Å². The van der Waals surface area contributed by atoms with Crippen LogP contribution in [0.2, 0.25) is 0 Å². The van der Waals surface area contributed by atoms with Crippen LogP contribution >= 0.6 is 0 Å². The molecule has 4 nitrogen and oxygen atoms in total. The van der Waals surface area contributed by atoms with Gasteiger partial charge in [0.05, 0.1) is 21.9 Å². The monoisotopic (exact) mass is 878 g/mol. The van der Waals surface area contributed by atoms with Gasteiger partial charge in [-0.2, -0.15) is 9.97 Å². The number of nitrogens with zero attached hydrogens (tertiary/aromatic N) is 4. The molecule has 0 N–H and O–H groups in total. The highest BCUT2D eigenvalue weighted by Crippen LogP contribution is 2.58. The molecule has 14 rings (SSSR count). The molecule has 0 amide bonds. The van der Waals surface area contributed by atoms with E-state index in [1.807, 2.05) is 18.2 Å². The maximum Gasteiger partial charge on any atom is 0.238 e. The van der Waals surface area contributed by atoms with Crippen molar-refractivity contribution in [2.75, 3.05) is 0 Å². The molecule has 0 unspecified atom stereocenters. The van der Waals surface area contributed by atoms with E-state index in [2.05, 4.69) is 241 Å². The zero-order valence-electron chi connectivity index (χ0n) is 37.5. The summed E-state index contributed by atoms with van der Waals surface area (Å²) in [5.41, 5.74) is 17.5. The Bertz CT molecular complexity index is 3870. The molecule has 0 radical (unpaired) electrons. The van der Waals surface area contributed by atoms with Gasteiger partial charge in [0.1, 0.15) is 0 Å². The molecular weight excluding hydrogens is 837 g/mol. The van der Waals surface area contributed by atoms with Gasteiger partial charge >= 0.3 is 0 Å². The first kappa shape index (κ1) is 39.2. The SMILES string of the molecule is c1ccc(-c2nc(-c3ccc4c(c3)C(c3ccccc3)(c3ccccc3)c3ccccc3-4)nc(-n3c4ccccc4c4ccc(C5(c6ccccc6)c6ccccc6-c6ccccc65)cc43)n2)cc1. The topological polar surface area (TPSA) is 43.6 Å². The van der Waals surface area contributed by atoms with Crippen LogP contribution in [0.1, 0.15) is 44.5 Å². The van der Waals surface area contributed by atoms with Gasteiger partial charge in [-0.05, 0) is 85.0 Å². The van der Waals surface area contributed by atoms with Crippen molar-refractivity contribution in [3.8, 4) is 51.0 Å². The van der Waals surface area contributed by atoms with E-state index in [0.29, 0.717) is 17.6 Å². The van der Waals surface area contributed by atoms with Gasteiger partial charge in [-0.25, -0.2) is 4.98 Å². The predicted molar refractivity (Wildman–Crippen MR) is 280 cm³/mol. The van der Waals surface area contributed by atoms with Crippen molar-refractivity contribution in [2.45, 2.75) is 10.8 Å². The first-order valence-electron chi connectivity index (χ1n) is 23.7. The summed E-state index contributed by atoms with van der Waals surface area (Å²) in [7, 11) is 0. The third kappa shape index (κ3) is 5.60. The van der Waals surface area contributed by atoms with E-state index in [0.717, 1.165) is 32.9 Å². The molecule has 0 bridgehead atoms. The smallest absolute Gasteiger partial charge is 0.238 e. The van der Waals surface area contributed by atoms with E-state index in [-0.39, 0.29) is 0 Å². The second kappa shape index (κ2) is 15.3. The van der Waals surface area contributed by atoms with E-state index in [1.54, 1.807) is 0 Å². The number of para-hydroxylation sites is 1. The van der Waals surface area contributed by atoms with Crippen LogP contribution in [0.25, 0.3) is 72.8 Å². The fraction of sp³-hybridized carbons (Fsp3) is 0.0308. The van der Waals surface area contributed by atoms with Crippen molar-refractivity contribution in [3.05, 3.63) is 299 Å². The maximum atomic E-state index is 5.56. The molecule has 322 valence electrons. The number of hydrogen-bond donors (Lipinski definition) is 0. The van der Waals surface area contributed by atoms with Crippen LogP contribution in [-0.4, -0.2) is 19.5 Å². The lowest BCUT2D eigenvalue weighted by atomic mass is 9.67. The highest BCUT2D eigenvalue weighted by atomic mass is 15.2. The van der Waals surface area contributed by atoms with Gasteiger partial charge in [-0.3, -0.25) is 4.57 Å². The van der Waals surface area contributed by atoms with Crippen molar-refractivity contribution < 1.29 is 0 Å². The van der Waals surface area contributed by atoms with Crippen LogP contribution in [0.5, 0.6) is 0 Å². The van der Waals surface area contributed by atoms with E-state index in [4.69, 9.17) is 15.0 Å². The Kier molecular flexibility index (Phi) is 8.68. The highest BCUT2D eigenvalue weighted by molar-refractivity contribution is 6.09. The molecule has 10 aromatic carbocycles. The number of benzene rings is 10. The zero-order chi connectivity index (χ0) is 45.5. The van der Waals surface area contributed by atoms with Crippen LogP contribution in [0, 0.1) is 0 Å². The number of rotatable bonds is 7. The van der Waals surface area contributed by atoms with Gasteiger partial charge < -0.3 is 0 Å². The average Bonchev–Trinajstić information content (AvgIpc) is 4.04. The summed E-state index contributed by atoms with van der Waals surface area (Å²) in [6.07, 6.45) is 0. The molecule has 2 aliphatic rings. The molecule has 2 heterocycles. The molecule has 2 aromatic heterocycles. The summed E-state index contributed by atoms with van der Waals surface area (Å²) in [5, 5.41) is 2.26. The third-order valence-corrected chi connectivity index (χ3v) is 14.8.